The van der Waals surface area contributed by atoms with Crippen LogP contribution < -0.4 is 10.0 Å². The van der Waals surface area contributed by atoms with Crippen LogP contribution in [0.3, 0.4) is 0 Å². The molecule has 3 aliphatic rings. The third-order valence-corrected chi connectivity index (χ3v) is 7.01. The fourth-order valence-electron chi connectivity index (χ4n) is 3.90. The van der Waals surface area contributed by atoms with E-state index in [2.05, 4.69) is 14.9 Å². The summed E-state index contributed by atoms with van der Waals surface area (Å²) in [5, 5.41) is 3.22. The zero-order valence-corrected chi connectivity index (χ0v) is 16.8. The first kappa shape index (κ1) is 18.5. The number of benzene rings is 1. The van der Waals surface area contributed by atoms with E-state index in [1.54, 1.807) is 12.1 Å². The van der Waals surface area contributed by atoms with Crippen LogP contribution in [-0.2, 0) is 10.0 Å². The number of nitrogens with one attached hydrogen (secondary N) is 2. The molecule has 144 valence electrons. The van der Waals surface area contributed by atoms with E-state index >= 15 is 0 Å². The van der Waals surface area contributed by atoms with Gasteiger partial charge in [0.2, 0.25) is 10.0 Å². The molecule has 5 rings (SSSR count). The Hall–Kier alpha value is -1.90. The average Bonchev–Trinajstić information content (AvgIpc) is 3.12. The Bertz CT molecular complexity index is 929. The minimum absolute atomic E-state index is 0.000336. The van der Waals surface area contributed by atoms with Crippen LogP contribution in [0.4, 0.5) is 5.69 Å². The van der Waals surface area contributed by atoms with Gasteiger partial charge in [0.05, 0.1) is 11.1 Å². The smallest absolute Gasteiger partial charge is 0.261 e. The Kier molecular flexibility index (Phi) is 4.96. The fourth-order valence-corrected chi connectivity index (χ4v) is 5.38. The molecule has 1 aromatic heterocycles. The van der Waals surface area contributed by atoms with Gasteiger partial charge in [0, 0.05) is 23.2 Å². The third-order valence-electron chi connectivity index (χ3n) is 5.28. The molecular weight excluding hydrogens is 382 g/mol. The molecule has 2 N–H and O–H groups in total. The maximum atomic E-state index is 12.6. The van der Waals surface area contributed by atoms with Gasteiger partial charge in [0.1, 0.15) is 0 Å². The average molecular weight is 406 g/mol. The molecule has 3 aliphatic heterocycles. The van der Waals surface area contributed by atoms with E-state index in [9.17, 15) is 13.2 Å². The highest BCUT2D eigenvalue weighted by Gasteiger charge is 2.35. The minimum atomic E-state index is -3.28. The number of amides is 1. The van der Waals surface area contributed by atoms with Crippen LogP contribution >= 0.6 is 11.3 Å². The summed E-state index contributed by atoms with van der Waals surface area (Å²) in [6.45, 7) is 3.28. The molecule has 1 unspecified atom stereocenters. The van der Waals surface area contributed by atoms with E-state index in [0.717, 1.165) is 36.3 Å². The van der Waals surface area contributed by atoms with Crippen molar-refractivity contribution in [2.75, 3.05) is 30.6 Å². The van der Waals surface area contributed by atoms with Crippen molar-refractivity contribution in [1.29, 1.82) is 0 Å². The number of hydrogen-bond acceptors (Lipinski definition) is 5. The van der Waals surface area contributed by atoms with Gasteiger partial charge in [-0.1, -0.05) is 12.1 Å². The van der Waals surface area contributed by atoms with Crippen molar-refractivity contribution in [1.82, 2.24) is 10.2 Å². The largest absolute Gasteiger partial charge is 0.347 e. The summed E-state index contributed by atoms with van der Waals surface area (Å²) >= 11 is 1.46. The number of sulfonamides is 1. The van der Waals surface area contributed by atoms with Crippen LogP contribution in [-0.4, -0.2) is 51.2 Å². The topological polar surface area (TPSA) is 78.5 Å². The number of anilines is 1. The summed E-state index contributed by atoms with van der Waals surface area (Å²) in [6.07, 6.45) is 3.48. The molecular formula is C19H23N3O3S2. The van der Waals surface area contributed by atoms with Crippen molar-refractivity contribution >= 4 is 33.0 Å². The second-order valence-electron chi connectivity index (χ2n) is 7.33. The number of thiophene rings is 1. The van der Waals surface area contributed by atoms with Crippen LogP contribution in [0.1, 0.15) is 22.5 Å². The van der Waals surface area contributed by atoms with Crippen molar-refractivity contribution in [3.05, 3.63) is 41.3 Å². The quantitative estimate of drug-likeness (QED) is 0.802. The summed E-state index contributed by atoms with van der Waals surface area (Å²) in [6, 6.07) is 11.2. The lowest BCUT2D eigenvalue weighted by molar-refractivity contribution is 0.0622. The van der Waals surface area contributed by atoms with Crippen LogP contribution in [0.25, 0.3) is 10.4 Å². The first-order valence-corrected chi connectivity index (χ1v) is 11.8. The first-order chi connectivity index (χ1) is 12.9. The number of carbonyl (C=O) groups is 1. The van der Waals surface area contributed by atoms with Crippen molar-refractivity contribution in [3.8, 4) is 10.4 Å². The predicted octanol–water partition coefficient (Wildman–Crippen LogP) is 2.61. The molecule has 3 saturated heterocycles. The van der Waals surface area contributed by atoms with Gasteiger partial charge in [-0.05, 0) is 61.7 Å². The monoisotopic (exact) mass is 405 g/mol. The highest BCUT2D eigenvalue weighted by atomic mass is 32.2. The first-order valence-electron chi connectivity index (χ1n) is 9.09. The van der Waals surface area contributed by atoms with E-state index in [1.807, 2.05) is 24.3 Å². The molecule has 0 radical (unpaired) electrons. The SMILES string of the molecule is CS(=O)(=O)Nc1ccc(-c2ccc(C(=O)NC3CN4CCC3CC4)s2)cc1. The second-order valence-corrected chi connectivity index (χ2v) is 10.2. The molecule has 3 fully saturated rings. The number of carbonyl (C=O) groups excluding carboxylic acids is 1. The van der Waals surface area contributed by atoms with E-state index in [0.29, 0.717) is 16.5 Å². The van der Waals surface area contributed by atoms with Gasteiger partial charge in [0.25, 0.3) is 5.91 Å². The molecule has 6 nitrogen and oxygen atoms in total. The molecule has 2 bridgehead atoms. The van der Waals surface area contributed by atoms with Gasteiger partial charge in [-0.2, -0.15) is 0 Å². The lowest BCUT2D eigenvalue weighted by atomic mass is 9.84. The summed E-state index contributed by atoms with van der Waals surface area (Å²) in [5.74, 6) is 0.605. The highest BCUT2D eigenvalue weighted by molar-refractivity contribution is 7.92. The van der Waals surface area contributed by atoms with Crippen LogP contribution in [0, 0.1) is 5.92 Å². The molecule has 0 saturated carbocycles. The normalized spacial score (nSPS) is 24.6. The maximum Gasteiger partial charge on any atom is 0.261 e. The molecule has 8 heteroatoms. The lowest BCUT2D eigenvalue weighted by Crippen LogP contribution is -2.57. The molecule has 4 heterocycles. The Morgan fingerprint density at radius 2 is 1.81 bits per heavy atom. The van der Waals surface area contributed by atoms with Crippen molar-refractivity contribution in [3.63, 3.8) is 0 Å². The summed E-state index contributed by atoms with van der Waals surface area (Å²) in [5.41, 5.74) is 1.49. The maximum absolute atomic E-state index is 12.6. The van der Waals surface area contributed by atoms with Crippen molar-refractivity contribution < 1.29 is 13.2 Å². The molecule has 1 atom stereocenters. The van der Waals surface area contributed by atoms with E-state index in [1.165, 1.54) is 24.2 Å². The Balaban J connectivity index is 1.43. The highest BCUT2D eigenvalue weighted by Crippen LogP contribution is 2.31. The Labute approximate surface area is 163 Å². The molecule has 0 aliphatic carbocycles. The van der Waals surface area contributed by atoms with Crippen LogP contribution in [0.15, 0.2) is 36.4 Å². The molecule has 1 amide bonds. The standard InChI is InChI=1S/C19H23N3O3S2/c1-27(24,25)21-15-4-2-14(3-5-15)17-6-7-18(26-17)19(23)20-16-12-22-10-8-13(16)9-11-22/h2-7,13,16,21H,8-12H2,1H3,(H,20,23). The number of nitrogens with zero attached hydrogens (tertiary/aromatic N) is 1. The van der Waals surface area contributed by atoms with Gasteiger partial charge >= 0.3 is 0 Å². The molecule has 2 aromatic rings. The van der Waals surface area contributed by atoms with Gasteiger partial charge in [-0.3, -0.25) is 9.52 Å². The predicted molar refractivity (Wildman–Crippen MR) is 109 cm³/mol. The van der Waals surface area contributed by atoms with Crippen LogP contribution in [0.5, 0.6) is 0 Å². The number of fused-ring (bicyclic) bond motifs is 3. The van der Waals surface area contributed by atoms with Gasteiger partial charge < -0.3 is 10.2 Å². The molecule has 1 aromatic carbocycles. The summed E-state index contributed by atoms with van der Waals surface area (Å²) in [7, 11) is -3.28. The minimum Gasteiger partial charge on any atom is -0.347 e. The van der Waals surface area contributed by atoms with Gasteiger partial charge in [-0.25, -0.2) is 8.42 Å². The Morgan fingerprint density at radius 3 is 2.41 bits per heavy atom. The van der Waals surface area contributed by atoms with Gasteiger partial charge in [0.15, 0.2) is 0 Å². The number of piperidine rings is 3. The van der Waals surface area contributed by atoms with E-state index < -0.39 is 10.0 Å². The number of hydrogen-bond donors (Lipinski definition) is 2. The Morgan fingerprint density at radius 1 is 1.11 bits per heavy atom. The second kappa shape index (κ2) is 7.26. The zero-order valence-electron chi connectivity index (χ0n) is 15.1. The van der Waals surface area contributed by atoms with Crippen LogP contribution in [0.2, 0.25) is 0 Å². The molecule has 0 spiro atoms. The van der Waals surface area contributed by atoms with Crippen molar-refractivity contribution in [2.24, 2.45) is 5.92 Å². The van der Waals surface area contributed by atoms with Gasteiger partial charge in [-0.15, -0.1) is 11.3 Å². The fraction of sp³-hybridized carbons (Fsp3) is 0.421. The molecule has 27 heavy (non-hydrogen) atoms. The third kappa shape index (κ3) is 4.34. The lowest BCUT2D eigenvalue weighted by Gasteiger charge is -2.44. The summed E-state index contributed by atoms with van der Waals surface area (Å²) in [4.78, 5) is 16.8. The summed E-state index contributed by atoms with van der Waals surface area (Å²) < 4.78 is 25.0. The van der Waals surface area contributed by atoms with E-state index in [-0.39, 0.29) is 11.9 Å². The van der Waals surface area contributed by atoms with Crippen molar-refractivity contribution in [2.45, 2.75) is 18.9 Å². The number of rotatable bonds is 5. The zero-order chi connectivity index (χ0) is 19.0. The van der Waals surface area contributed by atoms with E-state index in [4.69, 9.17) is 0 Å².